The van der Waals surface area contributed by atoms with Crippen LogP contribution >= 0.6 is 22.9 Å². The summed E-state index contributed by atoms with van der Waals surface area (Å²) < 4.78 is 1.88. The second-order valence-electron chi connectivity index (χ2n) is 2.81. The van der Waals surface area contributed by atoms with Crippen molar-refractivity contribution in [2.75, 3.05) is 5.88 Å². The van der Waals surface area contributed by atoms with Gasteiger partial charge in [0, 0.05) is 11.6 Å². The zero-order valence-electron chi connectivity index (χ0n) is 7.07. The van der Waals surface area contributed by atoms with Gasteiger partial charge in [-0.15, -0.1) is 22.9 Å². The average Bonchev–Trinajstić information content (AvgIpc) is 2.62. The smallest absolute Gasteiger partial charge is 0.194 e. The molecule has 1 N–H and O–H groups in total. The normalized spacial score (nSPS) is 13.8. The van der Waals surface area contributed by atoms with Crippen molar-refractivity contribution in [3.05, 3.63) is 23.0 Å². The summed E-state index contributed by atoms with van der Waals surface area (Å²) in [6.45, 7) is 1.88. The van der Waals surface area contributed by atoms with Crippen molar-refractivity contribution in [3.8, 4) is 0 Å². The van der Waals surface area contributed by atoms with Gasteiger partial charge in [-0.2, -0.15) is 0 Å². The van der Waals surface area contributed by atoms with Gasteiger partial charge in [-0.25, -0.2) is 4.98 Å². The minimum Gasteiger partial charge on any atom is -0.386 e. The van der Waals surface area contributed by atoms with E-state index in [1.807, 2.05) is 22.9 Å². The first kappa shape index (κ1) is 8.99. The molecule has 1 unspecified atom stereocenters. The summed E-state index contributed by atoms with van der Waals surface area (Å²) in [6.07, 6.45) is 1.26. The van der Waals surface area contributed by atoms with Crippen molar-refractivity contribution in [2.45, 2.75) is 13.0 Å². The molecular weight excluding hydrogens is 208 g/mol. The molecule has 0 saturated carbocycles. The highest BCUT2D eigenvalue weighted by atomic mass is 35.5. The third-order valence-corrected chi connectivity index (χ3v) is 2.99. The van der Waals surface area contributed by atoms with Crippen LogP contribution in [0.5, 0.6) is 0 Å². The molecule has 0 amide bonds. The van der Waals surface area contributed by atoms with Gasteiger partial charge in [0.25, 0.3) is 0 Å². The Morgan fingerprint density at radius 2 is 2.54 bits per heavy atom. The SMILES string of the molecule is Cc1nc2sccn2c1C(O)CCl. The molecule has 0 aliphatic rings. The van der Waals surface area contributed by atoms with Crippen LogP contribution < -0.4 is 0 Å². The first-order valence-corrected chi connectivity index (χ1v) is 5.31. The molecule has 2 heterocycles. The van der Waals surface area contributed by atoms with Crippen molar-refractivity contribution in [1.29, 1.82) is 0 Å². The number of aliphatic hydroxyl groups is 1. The number of aromatic nitrogens is 2. The molecule has 13 heavy (non-hydrogen) atoms. The van der Waals surface area contributed by atoms with Crippen molar-refractivity contribution >= 4 is 27.9 Å². The number of rotatable bonds is 2. The van der Waals surface area contributed by atoms with Gasteiger partial charge in [-0.1, -0.05) is 0 Å². The van der Waals surface area contributed by atoms with E-state index in [2.05, 4.69) is 4.98 Å². The Bertz CT molecular complexity index is 423. The van der Waals surface area contributed by atoms with Crippen LogP contribution in [-0.2, 0) is 0 Å². The molecule has 2 rings (SSSR count). The lowest BCUT2D eigenvalue weighted by atomic mass is 10.2. The fraction of sp³-hybridized carbons (Fsp3) is 0.375. The molecule has 0 fully saturated rings. The third-order valence-electron chi connectivity index (χ3n) is 1.94. The van der Waals surface area contributed by atoms with Crippen LogP contribution in [0.1, 0.15) is 17.5 Å². The summed E-state index contributed by atoms with van der Waals surface area (Å²) in [5.41, 5.74) is 1.64. The molecule has 0 aliphatic carbocycles. The maximum Gasteiger partial charge on any atom is 0.194 e. The lowest BCUT2D eigenvalue weighted by Crippen LogP contribution is -2.03. The summed E-state index contributed by atoms with van der Waals surface area (Å²) in [6, 6.07) is 0. The Hall–Kier alpha value is -0.580. The van der Waals surface area contributed by atoms with Gasteiger partial charge < -0.3 is 5.11 Å². The number of hydrogen-bond acceptors (Lipinski definition) is 3. The van der Waals surface area contributed by atoms with E-state index in [1.54, 1.807) is 11.3 Å². The molecule has 0 saturated heterocycles. The van der Waals surface area contributed by atoms with Crippen LogP contribution in [-0.4, -0.2) is 20.4 Å². The molecular formula is C8H9ClN2OS. The summed E-state index contributed by atoms with van der Waals surface area (Å²) in [7, 11) is 0. The summed E-state index contributed by atoms with van der Waals surface area (Å²) in [4.78, 5) is 5.20. The monoisotopic (exact) mass is 216 g/mol. The Morgan fingerprint density at radius 3 is 3.23 bits per heavy atom. The number of halogens is 1. The van der Waals surface area contributed by atoms with Crippen LogP contribution in [0.25, 0.3) is 4.96 Å². The number of aryl methyl sites for hydroxylation is 1. The molecule has 70 valence electrons. The number of imidazole rings is 1. The minimum atomic E-state index is -0.633. The van der Waals surface area contributed by atoms with E-state index in [9.17, 15) is 5.11 Å². The fourth-order valence-electron chi connectivity index (χ4n) is 1.39. The van der Waals surface area contributed by atoms with Gasteiger partial charge in [-0.05, 0) is 6.92 Å². The highest BCUT2D eigenvalue weighted by Crippen LogP contribution is 2.23. The van der Waals surface area contributed by atoms with Gasteiger partial charge in [0.2, 0.25) is 0 Å². The van der Waals surface area contributed by atoms with Gasteiger partial charge in [0.15, 0.2) is 4.96 Å². The second-order valence-corrected chi connectivity index (χ2v) is 3.99. The number of nitrogens with zero attached hydrogens (tertiary/aromatic N) is 2. The van der Waals surface area contributed by atoms with Crippen molar-refractivity contribution < 1.29 is 5.11 Å². The molecule has 0 bridgehead atoms. The molecule has 2 aromatic rings. The average molecular weight is 217 g/mol. The van der Waals surface area contributed by atoms with E-state index in [1.165, 1.54) is 0 Å². The quantitative estimate of drug-likeness (QED) is 0.780. The molecule has 5 heteroatoms. The number of hydrogen-bond donors (Lipinski definition) is 1. The van der Waals surface area contributed by atoms with Crippen LogP contribution in [0.3, 0.4) is 0 Å². The van der Waals surface area contributed by atoms with E-state index in [0.29, 0.717) is 0 Å². The molecule has 0 radical (unpaired) electrons. The second kappa shape index (κ2) is 3.29. The van der Waals surface area contributed by atoms with Gasteiger partial charge >= 0.3 is 0 Å². The predicted octanol–water partition coefficient (Wildman–Crippen LogP) is 1.98. The lowest BCUT2D eigenvalue weighted by molar-refractivity contribution is 0.196. The van der Waals surface area contributed by atoms with Crippen molar-refractivity contribution in [3.63, 3.8) is 0 Å². The summed E-state index contributed by atoms with van der Waals surface area (Å²) in [5, 5.41) is 11.6. The van der Waals surface area contributed by atoms with E-state index in [-0.39, 0.29) is 5.88 Å². The minimum absolute atomic E-state index is 0.199. The fourth-order valence-corrected chi connectivity index (χ4v) is 2.30. The van der Waals surface area contributed by atoms with Gasteiger partial charge in [-0.3, -0.25) is 4.40 Å². The Labute approximate surface area is 84.6 Å². The first-order chi connectivity index (χ1) is 6.24. The number of aliphatic hydroxyl groups excluding tert-OH is 1. The van der Waals surface area contributed by atoms with Crippen LogP contribution in [0.15, 0.2) is 11.6 Å². The zero-order valence-corrected chi connectivity index (χ0v) is 8.64. The summed E-state index contributed by atoms with van der Waals surface area (Å²) in [5.74, 6) is 0.199. The van der Waals surface area contributed by atoms with E-state index < -0.39 is 6.10 Å². The highest BCUT2D eigenvalue weighted by Gasteiger charge is 2.16. The molecule has 0 aliphatic heterocycles. The Balaban J connectivity index is 2.63. The summed E-state index contributed by atoms with van der Waals surface area (Å²) >= 11 is 7.14. The Kier molecular flexibility index (Phi) is 2.27. The number of fused-ring (bicyclic) bond motifs is 1. The van der Waals surface area contributed by atoms with Gasteiger partial charge in [0.1, 0.15) is 6.10 Å². The van der Waals surface area contributed by atoms with Crippen molar-refractivity contribution in [1.82, 2.24) is 9.38 Å². The van der Waals surface area contributed by atoms with Crippen molar-refractivity contribution in [2.24, 2.45) is 0 Å². The molecule has 3 nitrogen and oxygen atoms in total. The third kappa shape index (κ3) is 1.35. The van der Waals surface area contributed by atoms with E-state index >= 15 is 0 Å². The number of thiazole rings is 1. The standard InChI is InChI=1S/C8H9ClN2OS/c1-5-7(6(12)4-9)11-2-3-13-8(11)10-5/h2-3,6,12H,4H2,1H3. The lowest BCUT2D eigenvalue weighted by Gasteiger charge is -2.05. The number of alkyl halides is 1. The largest absolute Gasteiger partial charge is 0.386 e. The highest BCUT2D eigenvalue weighted by molar-refractivity contribution is 7.15. The maximum atomic E-state index is 9.63. The van der Waals surface area contributed by atoms with Crippen LogP contribution in [0.2, 0.25) is 0 Å². The topological polar surface area (TPSA) is 37.5 Å². The Morgan fingerprint density at radius 1 is 1.77 bits per heavy atom. The van der Waals surface area contributed by atoms with Crippen LogP contribution in [0.4, 0.5) is 0 Å². The van der Waals surface area contributed by atoms with Gasteiger partial charge in [0.05, 0.1) is 17.3 Å². The molecule has 2 aromatic heterocycles. The van der Waals surface area contributed by atoms with E-state index in [4.69, 9.17) is 11.6 Å². The van der Waals surface area contributed by atoms with E-state index in [0.717, 1.165) is 16.3 Å². The van der Waals surface area contributed by atoms with Crippen LogP contribution in [0, 0.1) is 6.92 Å². The predicted molar refractivity (Wildman–Crippen MR) is 53.5 cm³/mol. The zero-order chi connectivity index (χ0) is 9.42. The first-order valence-electron chi connectivity index (χ1n) is 3.90. The molecule has 1 atom stereocenters. The maximum absolute atomic E-state index is 9.63. The molecule has 0 spiro atoms. The molecule has 0 aromatic carbocycles.